The van der Waals surface area contributed by atoms with Gasteiger partial charge in [-0.3, -0.25) is 0 Å². The fourth-order valence-corrected chi connectivity index (χ4v) is 11.0. The lowest BCUT2D eigenvalue weighted by atomic mass is 9.37. The van der Waals surface area contributed by atoms with Crippen molar-refractivity contribution in [3.05, 3.63) is 5.56 Å². The van der Waals surface area contributed by atoms with E-state index in [1.54, 1.807) is 0 Å². The minimum Gasteiger partial charge on any atom is -0.457 e. The lowest BCUT2D eigenvalue weighted by molar-refractivity contribution is 0.00591. The van der Waals surface area contributed by atoms with E-state index >= 15 is 0 Å². The Hall–Kier alpha value is -2.19. The summed E-state index contributed by atoms with van der Waals surface area (Å²) in [5, 5.41) is 1.10. The molecule has 2 saturated carbocycles. The molecule has 3 aliphatic rings. The standard InChI is InChI=1S/C38H12B22O2/c39-13-9(19(45)31(57)37-11(13)12-21(47)27(53)30(56)34(60)38(12)62-37)2-5-3(14(40)22(48)24(50)16(5)42)1(4-6(2)17(43)25(51)23(49)15(4)41)7-8-10-20(46)26(52)29(55)33(59)36(10)61-35(8)32(58)28(54)18(7)44/h7-8,10,18,20,26,28-29,32-33,35-36H. The molecule has 5 aromatic carbocycles. The Labute approximate surface area is 392 Å². The molecular weight excluding hydrogens is 726 g/mol. The Morgan fingerprint density at radius 2 is 0.629 bits per heavy atom. The molecule has 12 atom stereocenters. The van der Waals surface area contributed by atoms with Crippen LogP contribution in [-0.2, 0) is 4.74 Å². The van der Waals surface area contributed by atoms with E-state index < -0.39 is 70.7 Å². The van der Waals surface area contributed by atoms with E-state index in [0.29, 0.717) is 5.56 Å². The zero-order valence-corrected chi connectivity index (χ0v) is 33.4. The Kier molecular flexibility index (Phi) is 11.0. The molecule has 0 spiro atoms. The van der Waals surface area contributed by atoms with E-state index in [4.69, 9.17) is 182 Å². The van der Waals surface area contributed by atoms with Crippen molar-refractivity contribution < 1.29 is 9.15 Å². The van der Waals surface area contributed by atoms with Gasteiger partial charge in [0.25, 0.3) is 0 Å². The van der Waals surface area contributed by atoms with Crippen LogP contribution in [0.2, 0.25) is 40.7 Å². The Morgan fingerprint density at radius 3 is 1.11 bits per heavy atom. The van der Waals surface area contributed by atoms with Crippen molar-refractivity contribution in [2.75, 3.05) is 0 Å². The lowest BCUT2D eigenvalue weighted by Gasteiger charge is -2.53. The van der Waals surface area contributed by atoms with Crippen LogP contribution in [-0.4, -0.2) is 185 Å². The van der Waals surface area contributed by atoms with E-state index in [1.807, 2.05) is 0 Å². The van der Waals surface area contributed by atoms with E-state index in [2.05, 4.69) is 0 Å². The topological polar surface area (TPSA) is 22.4 Å². The summed E-state index contributed by atoms with van der Waals surface area (Å²) in [5.41, 5.74) is -0.186. The quantitative estimate of drug-likeness (QED) is 0.130. The molecule has 44 radical (unpaired) electrons. The molecule has 24 heteroatoms. The predicted octanol–water partition coefficient (Wildman–Crippen LogP) is -10.7. The second-order valence-electron chi connectivity index (χ2n) is 17.2. The van der Waals surface area contributed by atoms with Gasteiger partial charge in [0.05, 0.1) is 67.1 Å². The van der Waals surface area contributed by atoms with Crippen LogP contribution in [0.25, 0.3) is 54.6 Å². The molecule has 0 amide bonds. The summed E-state index contributed by atoms with van der Waals surface area (Å²) in [6.07, 6.45) is -1.50. The van der Waals surface area contributed by atoms with Crippen molar-refractivity contribution in [3.8, 4) is 11.1 Å². The molecule has 242 valence electrons. The van der Waals surface area contributed by atoms with Gasteiger partial charge in [-0.25, -0.2) is 0 Å². The molecule has 2 aliphatic carbocycles. The lowest BCUT2D eigenvalue weighted by Crippen LogP contribution is -2.51. The molecule has 1 aliphatic heterocycles. The van der Waals surface area contributed by atoms with Crippen LogP contribution < -0.4 is 81.9 Å². The highest BCUT2D eigenvalue weighted by Crippen LogP contribution is 2.67. The number of hydrogen-bond acceptors (Lipinski definition) is 2. The highest BCUT2D eigenvalue weighted by molar-refractivity contribution is 6.73. The molecule has 1 saturated heterocycles. The van der Waals surface area contributed by atoms with Crippen molar-refractivity contribution in [1.82, 2.24) is 0 Å². The first kappa shape index (κ1) is 45.0. The van der Waals surface area contributed by atoms with Gasteiger partial charge in [0.15, 0.2) is 0 Å². The zero-order valence-electron chi connectivity index (χ0n) is 33.4. The highest BCUT2D eigenvalue weighted by atomic mass is 16.5. The molecule has 2 nitrogen and oxygen atoms in total. The highest BCUT2D eigenvalue weighted by Gasteiger charge is 2.60. The number of rotatable bonds is 2. The SMILES string of the molecule is [B]c1c([B])c([B])c2c(oc3c([B])c([B])c(-c4c5c([B])c([B])c([B])c([B])c5c(C5C([B])C([B])C([B])C6OC7C([B])C([B])C([B])C([B])C7C65)c5c([B])c([B])c([B])c([B])c45)c([B])c32)c1[B]. The molecule has 62 heavy (non-hydrogen) atoms. The third-order valence-corrected chi connectivity index (χ3v) is 14.3. The summed E-state index contributed by atoms with van der Waals surface area (Å²) >= 11 is 0. The molecule has 6 aromatic rings. The van der Waals surface area contributed by atoms with Crippen molar-refractivity contribution in [2.45, 2.75) is 58.8 Å². The summed E-state index contributed by atoms with van der Waals surface area (Å²) < 4.78 is 12.9. The Balaban J connectivity index is 1.53. The van der Waals surface area contributed by atoms with Gasteiger partial charge in [0, 0.05) is 10.8 Å². The summed E-state index contributed by atoms with van der Waals surface area (Å²) in [6, 6.07) is 0. The van der Waals surface area contributed by atoms with Gasteiger partial charge in [-0.2, -0.15) is 0 Å². The maximum atomic E-state index is 7.28. The van der Waals surface area contributed by atoms with Crippen LogP contribution in [0.4, 0.5) is 0 Å². The molecule has 3 fully saturated rings. The van der Waals surface area contributed by atoms with Crippen LogP contribution in [0.1, 0.15) is 11.5 Å². The van der Waals surface area contributed by atoms with Crippen molar-refractivity contribution in [3.63, 3.8) is 0 Å². The van der Waals surface area contributed by atoms with Crippen LogP contribution in [0.5, 0.6) is 0 Å². The van der Waals surface area contributed by atoms with Crippen LogP contribution in [0.3, 0.4) is 0 Å². The third kappa shape index (κ3) is 5.64. The number of furan rings is 1. The normalized spacial score (nSPS) is 29.7. The summed E-state index contributed by atoms with van der Waals surface area (Å²) in [7, 11) is 150. The first-order valence-electron chi connectivity index (χ1n) is 19.7. The van der Waals surface area contributed by atoms with Gasteiger partial charge >= 0.3 is 0 Å². The molecule has 12 unspecified atom stereocenters. The average molecular weight is 738 g/mol. The largest absolute Gasteiger partial charge is 0.457 e. The number of ether oxygens (including phenoxy) is 1. The maximum Gasteiger partial charge on any atom is 0.127 e. The first-order chi connectivity index (χ1) is 29.0. The van der Waals surface area contributed by atoms with Gasteiger partial charge in [0.1, 0.15) is 129 Å². The van der Waals surface area contributed by atoms with E-state index in [-0.39, 0.29) is 137 Å². The Morgan fingerprint density at radius 1 is 0.274 bits per heavy atom. The molecule has 0 N–H and O–H groups in total. The van der Waals surface area contributed by atoms with Gasteiger partial charge in [-0.15, -0.1) is 32.8 Å². The van der Waals surface area contributed by atoms with Crippen molar-refractivity contribution in [2.24, 2.45) is 11.8 Å². The summed E-state index contributed by atoms with van der Waals surface area (Å²) in [5.74, 6) is -7.78. The van der Waals surface area contributed by atoms with Crippen molar-refractivity contribution in [1.29, 1.82) is 0 Å². The maximum absolute atomic E-state index is 7.28. The van der Waals surface area contributed by atoms with Gasteiger partial charge in [-0.05, 0) is 56.0 Å². The third-order valence-electron chi connectivity index (χ3n) is 14.3. The van der Waals surface area contributed by atoms with Gasteiger partial charge in [-0.1, -0.05) is 89.9 Å². The first-order valence-corrected chi connectivity index (χ1v) is 19.7. The zero-order chi connectivity index (χ0) is 45.4. The monoisotopic (exact) mass is 742 g/mol. The molecule has 1 aromatic heterocycles. The minimum absolute atomic E-state index is 0.00711. The fraction of sp³-hybridized carbons (Fsp3) is 0.316. The van der Waals surface area contributed by atoms with Crippen molar-refractivity contribution >= 4 is 298 Å². The molecule has 2 heterocycles. The minimum atomic E-state index is -0.967. The van der Waals surface area contributed by atoms with Crippen LogP contribution in [0, 0.1) is 11.8 Å². The number of fused-ring (bicyclic) bond motifs is 8. The van der Waals surface area contributed by atoms with E-state index in [9.17, 15) is 0 Å². The summed E-state index contributed by atoms with van der Waals surface area (Å²) in [4.78, 5) is 0. The van der Waals surface area contributed by atoms with Gasteiger partial charge in [0.2, 0.25) is 0 Å². The van der Waals surface area contributed by atoms with Gasteiger partial charge < -0.3 is 9.15 Å². The molecule has 0 bridgehead atoms. The average Bonchev–Trinajstić information content (AvgIpc) is 3.85. The van der Waals surface area contributed by atoms with E-state index in [0.717, 1.165) is 0 Å². The number of hydrogen-bond donors (Lipinski definition) is 0. The predicted molar refractivity (Wildman–Crippen MR) is 280 cm³/mol. The van der Waals surface area contributed by atoms with E-state index in [1.165, 1.54) is 0 Å². The van der Waals surface area contributed by atoms with Crippen LogP contribution >= 0.6 is 0 Å². The molecular formula is C38H12B22O2. The molecule has 9 rings (SSSR count). The second kappa shape index (κ2) is 15.2. The Bertz CT molecular complexity index is 2910. The smallest absolute Gasteiger partial charge is 0.127 e. The fourth-order valence-electron chi connectivity index (χ4n) is 11.0. The second-order valence-corrected chi connectivity index (χ2v) is 17.2. The van der Waals surface area contributed by atoms with Crippen LogP contribution in [0.15, 0.2) is 4.42 Å². The number of benzene rings is 5. The summed E-state index contributed by atoms with van der Waals surface area (Å²) in [6.45, 7) is 0.